The number of hydrogen-bond donors (Lipinski definition) is 2. The Kier molecular flexibility index (Phi) is 8.65. The van der Waals surface area contributed by atoms with Gasteiger partial charge < -0.3 is 25.0 Å². The molecule has 0 unspecified atom stereocenters. The summed E-state index contributed by atoms with van der Waals surface area (Å²) in [5, 5.41) is 5.73. The Balaban J connectivity index is 1.49. The van der Waals surface area contributed by atoms with Crippen LogP contribution in [0.5, 0.6) is 5.75 Å². The Bertz CT molecular complexity index is 1110. The molecule has 34 heavy (non-hydrogen) atoms. The lowest BCUT2D eigenvalue weighted by Gasteiger charge is -2.19. The van der Waals surface area contributed by atoms with Crippen molar-refractivity contribution in [2.75, 3.05) is 31.3 Å². The standard InChI is InChI=1S/C27H31N3O4/c1-19-7-5-8-20(2)26(19)29-25(31)16-30(3)27(32)28-23-10-6-9-22(15-23)18-34-17-21-11-13-24(33-4)14-12-21/h5-15H,16-18H2,1-4H3,(H,28,32)(H,29,31). The van der Waals surface area contributed by atoms with Gasteiger partial charge in [-0.1, -0.05) is 42.5 Å². The molecule has 3 aromatic rings. The van der Waals surface area contributed by atoms with Crippen LogP contribution < -0.4 is 15.4 Å². The summed E-state index contributed by atoms with van der Waals surface area (Å²) in [7, 11) is 3.22. The first kappa shape index (κ1) is 24.8. The van der Waals surface area contributed by atoms with Gasteiger partial charge in [0.15, 0.2) is 0 Å². The maximum absolute atomic E-state index is 12.6. The number of carbonyl (C=O) groups excluding carboxylic acids is 2. The fourth-order valence-corrected chi connectivity index (χ4v) is 3.44. The number of likely N-dealkylation sites (N-methyl/N-ethyl adjacent to an activating group) is 1. The lowest BCUT2D eigenvalue weighted by Crippen LogP contribution is -2.37. The second kappa shape index (κ2) is 11.9. The minimum Gasteiger partial charge on any atom is -0.497 e. The summed E-state index contributed by atoms with van der Waals surface area (Å²) in [5.41, 5.74) is 5.35. The van der Waals surface area contributed by atoms with Crippen molar-refractivity contribution in [1.82, 2.24) is 4.90 Å². The average Bonchev–Trinajstić information content (AvgIpc) is 2.82. The molecule has 3 amide bonds. The third-order valence-electron chi connectivity index (χ3n) is 5.35. The van der Waals surface area contributed by atoms with E-state index >= 15 is 0 Å². The molecule has 7 nitrogen and oxygen atoms in total. The molecule has 0 fully saturated rings. The van der Waals surface area contributed by atoms with E-state index in [1.54, 1.807) is 20.2 Å². The molecule has 0 spiro atoms. The predicted octanol–water partition coefficient (Wildman–Crippen LogP) is 5.13. The summed E-state index contributed by atoms with van der Waals surface area (Å²) in [4.78, 5) is 26.4. The van der Waals surface area contributed by atoms with Crippen LogP contribution in [0.15, 0.2) is 66.7 Å². The molecule has 0 saturated carbocycles. The molecule has 0 aliphatic rings. The first-order valence-electron chi connectivity index (χ1n) is 11.0. The van der Waals surface area contributed by atoms with E-state index in [0.29, 0.717) is 18.9 Å². The monoisotopic (exact) mass is 461 g/mol. The van der Waals surface area contributed by atoms with Crippen molar-refractivity contribution in [1.29, 1.82) is 0 Å². The number of anilines is 2. The fourth-order valence-electron chi connectivity index (χ4n) is 3.44. The second-order valence-corrected chi connectivity index (χ2v) is 8.14. The SMILES string of the molecule is COc1ccc(COCc2cccc(NC(=O)N(C)CC(=O)Nc3c(C)cccc3C)c2)cc1. The number of benzene rings is 3. The molecule has 0 aromatic heterocycles. The summed E-state index contributed by atoms with van der Waals surface area (Å²) < 4.78 is 11.0. The Labute approximate surface area is 200 Å². The minimum absolute atomic E-state index is 0.0652. The van der Waals surface area contributed by atoms with Crippen molar-refractivity contribution in [3.8, 4) is 5.75 Å². The summed E-state index contributed by atoms with van der Waals surface area (Å²) in [5.74, 6) is 0.552. The largest absolute Gasteiger partial charge is 0.497 e. The molecule has 0 aliphatic carbocycles. The highest BCUT2D eigenvalue weighted by atomic mass is 16.5. The molecular weight excluding hydrogens is 430 g/mol. The van der Waals surface area contributed by atoms with Gasteiger partial charge in [-0.3, -0.25) is 4.79 Å². The average molecular weight is 462 g/mol. The number of amides is 3. The van der Waals surface area contributed by atoms with Crippen LogP contribution in [-0.4, -0.2) is 37.5 Å². The number of aryl methyl sites for hydroxylation is 2. The second-order valence-electron chi connectivity index (χ2n) is 8.14. The van der Waals surface area contributed by atoms with Gasteiger partial charge in [0, 0.05) is 18.4 Å². The van der Waals surface area contributed by atoms with Crippen molar-refractivity contribution in [2.45, 2.75) is 27.1 Å². The van der Waals surface area contributed by atoms with E-state index in [-0.39, 0.29) is 18.5 Å². The van der Waals surface area contributed by atoms with Crippen LogP contribution in [0.4, 0.5) is 16.2 Å². The molecule has 0 bridgehead atoms. The zero-order valence-corrected chi connectivity index (χ0v) is 20.1. The smallest absolute Gasteiger partial charge is 0.322 e. The van der Waals surface area contributed by atoms with Gasteiger partial charge in [-0.05, 0) is 60.4 Å². The summed E-state index contributed by atoms with van der Waals surface area (Å²) in [6, 6.07) is 20.6. The van der Waals surface area contributed by atoms with Gasteiger partial charge in [0.1, 0.15) is 12.3 Å². The molecule has 3 rings (SSSR count). The normalized spacial score (nSPS) is 10.5. The molecule has 2 N–H and O–H groups in total. The zero-order chi connectivity index (χ0) is 24.5. The number of methoxy groups -OCH3 is 1. The molecular formula is C27H31N3O4. The van der Waals surface area contributed by atoms with Crippen molar-refractivity contribution in [3.63, 3.8) is 0 Å². The van der Waals surface area contributed by atoms with E-state index in [4.69, 9.17) is 9.47 Å². The predicted molar refractivity (Wildman–Crippen MR) is 134 cm³/mol. The van der Waals surface area contributed by atoms with E-state index in [2.05, 4.69) is 10.6 Å². The summed E-state index contributed by atoms with van der Waals surface area (Å²) >= 11 is 0. The van der Waals surface area contributed by atoms with Gasteiger partial charge in [-0.15, -0.1) is 0 Å². The van der Waals surface area contributed by atoms with Gasteiger partial charge in [0.2, 0.25) is 5.91 Å². The molecule has 0 radical (unpaired) electrons. The quantitative estimate of drug-likeness (QED) is 0.463. The van der Waals surface area contributed by atoms with E-state index in [1.807, 2.05) is 74.5 Å². The molecule has 0 aliphatic heterocycles. The molecule has 7 heteroatoms. The molecule has 0 saturated heterocycles. The minimum atomic E-state index is -0.368. The van der Waals surface area contributed by atoms with Crippen LogP contribution in [0.2, 0.25) is 0 Å². The lowest BCUT2D eigenvalue weighted by atomic mass is 10.1. The highest BCUT2D eigenvalue weighted by Gasteiger charge is 2.15. The number of hydrogen-bond acceptors (Lipinski definition) is 4. The van der Waals surface area contributed by atoms with Gasteiger partial charge in [0.05, 0.1) is 20.3 Å². The van der Waals surface area contributed by atoms with Gasteiger partial charge in [-0.25, -0.2) is 4.79 Å². The number of nitrogens with zero attached hydrogens (tertiary/aromatic N) is 1. The van der Waals surface area contributed by atoms with Crippen molar-refractivity contribution in [3.05, 3.63) is 89.0 Å². The number of urea groups is 1. The maximum atomic E-state index is 12.6. The third-order valence-corrected chi connectivity index (χ3v) is 5.35. The molecule has 3 aromatic carbocycles. The number of rotatable bonds is 9. The first-order valence-corrected chi connectivity index (χ1v) is 11.0. The van der Waals surface area contributed by atoms with E-state index < -0.39 is 0 Å². The highest BCUT2D eigenvalue weighted by molar-refractivity contribution is 5.97. The van der Waals surface area contributed by atoms with Gasteiger partial charge >= 0.3 is 6.03 Å². The number of nitrogens with one attached hydrogen (secondary N) is 2. The summed E-state index contributed by atoms with van der Waals surface area (Å²) in [6.45, 7) is 4.69. The molecule has 178 valence electrons. The Morgan fingerprint density at radius 1 is 0.853 bits per heavy atom. The summed E-state index contributed by atoms with van der Waals surface area (Å²) in [6.07, 6.45) is 0. The van der Waals surface area contributed by atoms with Gasteiger partial charge in [-0.2, -0.15) is 0 Å². The highest BCUT2D eigenvalue weighted by Crippen LogP contribution is 2.19. The Morgan fingerprint density at radius 3 is 2.18 bits per heavy atom. The Morgan fingerprint density at radius 2 is 1.50 bits per heavy atom. The van der Waals surface area contributed by atoms with Crippen molar-refractivity contribution < 1.29 is 19.1 Å². The van der Waals surface area contributed by atoms with Crippen LogP contribution in [0.1, 0.15) is 22.3 Å². The van der Waals surface area contributed by atoms with Crippen LogP contribution in [0.3, 0.4) is 0 Å². The topological polar surface area (TPSA) is 79.9 Å². The maximum Gasteiger partial charge on any atom is 0.322 e. The molecule has 0 heterocycles. The van der Waals surface area contributed by atoms with Crippen molar-refractivity contribution >= 4 is 23.3 Å². The third kappa shape index (κ3) is 7.08. The number of carbonyl (C=O) groups is 2. The van der Waals surface area contributed by atoms with Crippen LogP contribution in [-0.2, 0) is 22.7 Å². The molecule has 0 atom stereocenters. The lowest BCUT2D eigenvalue weighted by molar-refractivity contribution is -0.116. The van der Waals surface area contributed by atoms with Crippen molar-refractivity contribution in [2.24, 2.45) is 0 Å². The van der Waals surface area contributed by atoms with E-state index in [0.717, 1.165) is 33.7 Å². The Hall–Kier alpha value is -3.84. The first-order chi connectivity index (χ1) is 16.4. The zero-order valence-electron chi connectivity index (χ0n) is 20.1. The van der Waals surface area contributed by atoms with E-state index in [1.165, 1.54) is 4.90 Å². The van der Waals surface area contributed by atoms with E-state index in [9.17, 15) is 9.59 Å². The number of para-hydroxylation sites is 1. The van der Waals surface area contributed by atoms with Crippen LogP contribution in [0.25, 0.3) is 0 Å². The number of ether oxygens (including phenoxy) is 2. The van der Waals surface area contributed by atoms with Crippen LogP contribution >= 0.6 is 0 Å². The fraction of sp³-hybridized carbons (Fsp3) is 0.259. The van der Waals surface area contributed by atoms with Crippen LogP contribution in [0, 0.1) is 13.8 Å². The van der Waals surface area contributed by atoms with Gasteiger partial charge in [0.25, 0.3) is 0 Å².